The predicted molar refractivity (Wildman–Crippen MR) is 138 cm³/mol. The molecule has 0 aliphatic carbocycles. The molecule has 12 heteroatoms. The lowest BCUT2D eigenvalue weighted by molar-refractivity contribution is -0.123. The maximum Gasteiger partial charge on any atom is 0.332 e. The van der Waals surface area contributed by atoms with Gasteiger partial charge in [-0.15, -0.1) is 11.8 Å². The largest absolute Gasteiger partial charge is 0.332 e. The van der Waals surface area contributed by atoms with Crippen LogP contribution in [0.25, 0.3) is 0 Å². The van der Waals surface area contributed by atoms with Crippen LogP contribution in [0.3, 0.4) is 0 Å². The summed E-state index contributed by atoms with van der Waals surface area (Å²) in [7, 11) is 0. The lowest BCUT2D eigenvalue weighted by Crippen LogP contribution is -2.43. The van der Waals surface area contributed by atoms with E-state index in [-0.39, 0.29) is 12.5 Å². The second kappa shape index (κ2) is 11.3. The molecular weight excluding hydrogens is 519 g/mol. The van der Waals surface area contributed by atoms with Gasteiger partial charge in [0.15, 0.2) is 11.6 Å². The van der Waals surface area contributed by atoms with E-state index in [1.165, 1.54) is 37.6 Å². The first-order valence-electron chi connectivity index (χ1n) is 12.4. The van der Waals surface area contributed by atoms with Crippen molar-refractivity contribution in [2.45, 2.75) is 56.5 Å². The summed E-state index contributed by atoms with van der Waals surface area (Å²) in [4.78, 5) is 46.4. The molecule has 2 saturated heterocycles. The molecule has 0 radical (unpaired) electrons. The van der Waals surface area contributed by atoms with Gasteiger partial charge in [-0.2, -0.15) is 0 Å². The molecule has 1 aromatic heterocycles. The van der Waals surface area contributed by atoms with Crippen molar-refractivity contribution in [1.82, 2.24) is 14.8 Å². The number of amides is 4. The van der Waals surface area contributed by atoms with Crippen LogP contribution in [-0.2, 0) is 16.1 Å². The van der Waals surface area contributed by atoms with Gasteiger partial charge < -0.3 is 15.1 Å². The van der Waals surface area contributed by atoms with Crippen LogP contribution in [0.2, 0.25) is 0 Å². The molecule has 38 heavy (non-hydrogen) atoms. The molecule has 0 unspecified atom stereocenters. The Kier molecular flexibility index (Phi) is 8.31. The lowest BCUT2D eigenvalue weighted by Gasteiger charge is -2.27. The minimum atomic E-state index is -1.48. The topological polar surface area (TPSA) is 85.8 Å². The molecule has 3 heterocycles. The van der Waals surface area contributed by atoms with Gasteiger partial charge in [-0.1, -0.05) is 6.42 Å². The molecule has 1 aromatic carbocycles. The van der Waals surface area contributed by atoms with Crippen LogP contribution in [0.15, 0.2) is 29.3 Å². The molecule has 2 aliphatic heterocycles. The quantitative estimate of drug-likeness (QED) is 0.290. The summed E-state index contributed by atoms with van der Waals surface area (Å²) in [6, 6.07) is 2.94. The molecule has 8 nitrogen and oxygen atoms in total. The lowest BCUT2D eigenvalue weighted by atomic mass is 10.0. The van der Waals surface area contributed by atoms with Crippen molar-refractivity contribution in [3.05, 3.63) is 47.4 Å². The van der Waals surface area contributed by atoms with Gasteiger partial charge in [0.1, 0.15) is 17.2 Å². The highest BCUT2D eigenvalue weighted by Crippen LogP contribution is 2.38. The third-order valence-corrected chi connectivity index (χ3v) is 7.68. The van der Waals surface area contributed by atoms with Crippen molar-refractivity contribution in [2.24, 2.45) is 0 Å². The summed E-state index contributed by atoms with van der Waals surface area (Å²) in [5.41, 5.74) is -1.66. The highest BCUT2D eigenvalue weighted by atomic mass is 32.2. The van der Waals surface area contributed by atoms with Gasteiger partial charge in [0.2, 0.25) is 5.91 Å². The zero-order chi connectivity index (χ0) is 27.6. The van der Waals surface area contributed by atoms with Crippen LogP contribution >= 0.6 is 11.8 Å². The van der Waals surface area contributed by atoms with Crippen LogP contribution in [0.1, 0.15) is 45.1 Å². The number of likely N-dealkylation sites (tertiary alicyclic amines) is 1. The average molecular weight is 550 g/mol. The summed E-state index contributed by atoms with van der Waals surface area (Å²) >= 11 is 0.680. The summed E-state index contributed by atoms with van der Waals surface area (Å²) < 4.78 is 43.7. The Labute approximate surface area is 223 Å². The number of thioether (sulfide) groups is 1. The Morgan fingerprint density at radius 2 is 1.82 bits per heavy atom. The van der Waals surface area contributed by atoms with Crippen molar-refractivity contribution in [1.29, 1.82) is 0 Å². The monoisotopic (exact) mass is 549 g/mol. The highest BCUT2D eigenvalue weighted by molar-refractivity contribution is 7.98. The first kappa shape index (κ1) is 27.9. The Morgan fingerprint density at radius 1 is 1.11 bits per heavy atom. The number of benzene rings is 1. The van der Waals surface area contributed by atoms with Gasteiger partial charge in [-0.25, -0.2) is 27.8 Å². The van der Waals surface area contributed by atoms with E-state index in [1.54, 1.807) is 12.1 Å². The first-order valence-corrected chi connectivity index (χ1v) is 13.6. The normalized spacial score (nSPS) is 17.8. The number of nitrogens with zero attached hydrogens (tertiary/aromatic N) is 4. The van der Waals surface area contributed by atoms with E-state index in [0.717, 1.165) is 25.9 Å². The average Bonchev–Trinajstić information content (AvgIpc) is 3.05. The third-order valence-electron chi connectivity index (χ3n) is 6.90. The van der Waals surface area contributed by atoms with Crippen LogP contribution in [0.5, 0.6) is 0 Å². The number of anilines is 2. The van der Waals surface area contributed by atoms with E-state index >= 15 is 0 Å². The number of hydrogen-bond donors (Lipinski definition) is 1. The first-order chi connectivity index (χ1) is 18.0. The van der Waals surface area contributed by atoms with Crippen LogP contribution in [0.4, 0.5) is 29.5 Å². The van der Waals surface area contributed by atoms with Crippen molar-refractivity contribution >= 4 is 41.1 Å². The number of carbonyl (C=O) groups excluding carboxylic acids is 3. The van der Waals surface area contributed by atoms with Gasteiger partial charge in [0.05, 0.1) is 10.6 Å². The number of halogens is 3. The smallest absolute Gasteiger partial charge is 0.311 e. The summed E-state index contributed by atoms with van der Waals surface area (Å²) in [5.74, 6) is -4.72. The third kappa shape index (κ3) is 5.51. The fraction of sp³-hybridized carbons (Fsp3) is 0.462. The van der Waals surface area contributed by atoms with E-state index < -0.39 is 45.5 Å². The van der Waals surface area contributed by atoms with E-state index in [2.05, 4.69) is 15.2 Å². The van der Waals surface area contributed by atoms with Gasteiger partial charge in [-0.3, -0.25) is 9.59 Å². The molecule has 0 saturated carbocycles. The predicted octanol–water partition coefficient (Wildman–Crippen LogP) is 4.78. The maximum atomic E-state index is 14.8. The van der Waals surface area contributed by atoms with E-state index in [9.17, 15) is 27.6 Å². The van der Waals surface area contributed by atoms with Crippen molar-refractivity contribution < 1.29 is 27.6 Å². The zero-order valence-electron chi connectivity index (χ0n) is 21.5. The number of urea groups is 1. The summed E-state index contributed by atoms with van der Waals surface area (Å²) in [6.07, 6.45) is 6.66. The minimum absolute atomic E-state index is 0.0806. The Hall–Kier alpha value is -3.12. The van der Waals surface area contributed by atoms with E-state index in [0.29, 0.717) is 47.1 Å². The number of rotatable bonds is 8. The molecule has 4 amide bonds. The summed E-state index contributed by atoms with van der Waals surface area (Å²) in [6.45, 7) is 5.50. The standard InChI is InChI=1S/C26H30F3N5O3S/c1-26(2)24(36)34(18-14-17(27)23(38-3)22(29)21(18)28)25(37)33(26)15-16-7-9-30-19(13-16)31-20(35)8-12-32-10-5-4-6-11-32/h7,9,13-14H,4-6,8,10-12,15H2,1-3H3,(H,30,31,35). The Balaban J connectivity index is 1.49. The minimum Gasteiger partial charge on any atom is -0.311 e. The molecule has 2 fully saturated rings. The number of pyridine rings is 1. The molecule has 0 atom stereocenters. The van der Waals surface area contributed by atoms with Crippen LogP contribution in [0, 0.1) is 17.5 Å². The molecule has 0 bridgehead atoms. The van der Waals surface area contributed by atoms with E-state index in [1.807, 2.05) is 0 Å². The molecule has 1 N–H and O–H groups in total. The number of aromatic nitrogens is 1. The van der Waals surface area contributed by atoms with Crippen LogP contribution < -0.4 is 10.2 Å². The Bertz CT molecular complexity index is 1250. The van der Waals surface area contributed by atoms with E-state index in [4.69, 9.17) is 0 Å². The Morgan fingerprint density at radius 3 is 2.50 bits per heavy atom. The highest BCUT2D eigenvalue weighted by Gasteiger charge is 2.52. The van der Waals surface area contributed by atoms with Gasteiger partial charge in [-0.05, 0) is 63.7 Å². The number of nitrogens with one attached hydrogen (secondary N) is 1. The molecule has 2 aromatic rings. The van der Waals surface area contributed by atoms with Crippen molar-refractivity contribution in [2.75, 3.05) is 36.1 Å². The number of hydrogen-bond acceptors (Lipinski definition) is 6. The second-order valence-corrected chi connectivity index (χ2v) is 10.7. The SMILES string of the molecule is CSc1c(F)cc(N2C(=O)N(Cc3ccnc(NC(=O)CCN4CCCCC4)c3)C(C)(C)C2=O)c(F)c1F. The van der Waals surface area contributed by atoms with Crippen molar-refractivity contribution in [3.63, 3.8) is 0 Å². The maximum absolute atomic E-state index is 14.8. The molecule has 2 aliphatic rings. The fourth-order valence-corrected chi connectivity index (χ4v) is 5.22. The molecule has 4 rings (SSSR count). The van der Waals surface area contributed by atoms with Crippen LogP contribution in [-0.4, -0.2) is 64.1 Å². The zero-order valence-corrected chi connectivity index (χ0v) is 22.3. The fourth-order valence-electron chi connectivity index (χ4n) is 4.70. The van der Waals surface area contributed by atoms with Gasteiger partial charge in [0, 0.05) is 31.8 Å². The number of piperidine rings is 1. The molecular formula is C26H30F3N5O3S. The van der Waals surface area contributed by atoms with Gasteiger partial charge >= 0.3 is 6.03 Å². The number of imide groups is 1. The van der Waals surface area contributed by atoms with Crippen molar-refractivity contribution in [3.8, 4) is 0 Å². The second-order valence-electron chi connectivity index (χ2n) is 9.86. The summed E-state index contributed by atoms with van der Waals surface area (Å²) in [5, 5.41) is 2.76. The number of carbonyl (C=O) groups is 3. The molecule has 0 spiro atoms. The molecule has 204 valence electrons. The van der Waals surface area contributed by atoms with Gasteiger partial charge in [0.25, 0.3) is 5.91 Å².